The van der Waals surface area contributed by atoms with Crippen LogP contribution in [0, 0.1) is 11.6 Å². The molecule has 2 aromatic rings. The normalized spacial score (nSPS) is 15.6. The first-order valence-corrected chi connectivity index (χ1v) is 7.52. The second kappa shape index (κ2) is 6.87. The number of benzene rings is 1. The van der Waals surface area contributed by atoms with Gasteiger partial charge in [0.05, 0.1) is 6.20 Å². The largest absolute Gasteiger partial charge is 0.435 e. The Morgan fingerprint density at radius 2 is 2.13 bits per heavy atom. The first-order valence-electron chi connectivity index (χ1n) is 7.52. The molecule has 1 aliphatic rings. The predicted molar refractivity (Wildman–Crippen MR) is 78.9 cm³/mol. The number of piperidine rings is 1. The van der Waals surface area contributed by atoms with E-state index in [9.17, 15) is 13.6 Å². The van der Waals surface area contributed by atoms with Crippen molar-refractivity contribution in [3.8, 4) is 0 Å². The summed E-state index contributed by atoms with van der Waals surface area (Å²) in [7, 11) is 0. The Morgan fingerprint density at radius 1 is 1.35 bits per heavy atom. The first kappa shape index (κ1) is 15.6. The number of aromatic nitrogens is 1. The molecular formula is C16H17F2N3O2. The van der Waals surface area contributed by atoms with E-state index in [2.05, 4.69) is 15.6 Å². The number of carbonyl (C=O) groups excluding carboxylic acids is 1. The van der Waals surface area contributed by atoms with E-state index < -0.39 is 17.5 Å². The number of carbonyl (C=O) groups is 1. The van der Waals surface area contributed by atoms with E-state index in [0.717, 1.165) is 38.1 Å². The molecule has 2 heterocycles. The maximum atomic E-state index is 13.5. The van der Waals surface area contributed by atoms with Crippen molar-refractivity contribution >= 4 is 5.91 Å². The zero-order valence-corrected chi connectivity index (χ0v) is 12.4. The minimum absolute atomic E-state index is 0.0473. The third-order valence-electron chi connectivity index (χ3n) is 3.89. The summed E-state index contributed by atoms with van der Waals surface area (Å²) in [5, 5.41) is 5.80. The highest BCUT2D eigenvalue weighted by molar-refractivity contribution is 5.91. The van der Waals surface area contributed by atoms with E-state index in [1.807, 2.05) is 0 Å². The molecule has 23 heavy (non-hydrogen) atoms. The van der Waals surface area contributed by atoms with Crippen molar-refractivity contribution in [2.45, 2.75) is 25.3 Å². The standard InChI is InChI=1S/C16H17F2N3O2/c17-12-2-1-11(13(18)7-12)8-20-15(22)14-9-21-16(23-14)10-3-5-19-6-4-10/h1-2,7,9-10,19H,3-6,8H2,(H,20,22). The molecule has 0 radical (unpaired) electrons. The lowest BCUT2D eigenvalue weighted by atomic mass is 9.98. The molecule has 1 aliphatic heterocycles. The fraction of sp³-hybridized carbons (Fsp3) is 0.375. The van der Waals surface area contributed by atoms with Crippen LogP contribution in [0.1, 0.15) is 40.8 Å². The van der Waals surface area contributed by atoms with Gasteiger partial charge in [0.1, 0.15) is 11.6 Å². The maximum Gasteiger partial charge on any atom is 0.288 e. The van der Waals surface area contributed by atoms with Gasteiger partial charge in [-0.15, -0.1) is 0 Å². The van der Waals surface area contributed by atoms with Gasteiger partial charge in [0.25, 0.3) is 5.91 Å². The number of amides is 1. The number of nitrogens with zero attached hydrogens (tertiary/aromatic N) is 1. The van der Waals surface area contributed by atoms with Crippen molar-refractivity contribution in [1.29, 1.82) is 0 Å². The molecule has 0 aliphatic carbocycles. The zero-order valence-electron chi connectivity index (χ0n) is 12.4. The summed E-state index contributed by atoms with van der Waals surface area (Å²) in [6, 6.07) is 3.23. The fourth-order valence-corrected chi connectivity index (χ4v) is 2.58. The monoisotopic (exact) mass is 321 g/mol. The quantitative estimate of drug-likeness (QED) is 0.907. The van der Waals surface area contributed by atoms with Crippen LogP contribution in [0.25, 0.3) is 0 Å². The van der Waals surface area contributed by atoms with Gasteiger partial charge in [-0.2, -0.15) is 0 Å². The van der Waals surface area contributed by atoms with E-state index >= 15 is 0 Å². The molecule has 0 bridgehead atoms. The number of halogens is 2. The van der Waals surface area contributed by atoms with Gasteiger partial charge in [-0.25, -0.2) is 13.8 Å². The smallest absolute Gasteiger partial charge is 0.288 e. The summed E-state index contributed by atoms with van der Waals surface area (Å²) in [5.74, 6) is -0.947. The summed E-state index contributed by atoms with van der Waals surface area (Å²) in [6.45, 7) is 1.76. The van der Waals surface area contributed by atoms with E-state index in [0.29, 0.717) is 5.89 Å². The van der Waals surface area contributed by atoms with Crippen molar-refractivity contribution in [3.05, 3.63) is 53.2 Å². The first-order chi connectivity index (χ1) is 11.1. The molecule has 3 rings (SSSR count). The zero-order chi connectivity index (χ0) is 16.2. The van der Waals surface area contributed by atoms with Crippen molar-refractivity contribution in [2.75, 3.05) is 13.1 Å². The second-order valence-electron chi connectivity index (χ2n) is 5.51. The van der Waals surface area contributed by atoms with Gasteiger partial charge < -0.3 is 15.1 Å². The molecule has 122 valence electrons. The van der Waals surface area contributed by atoms with Gasteiger partial charge in [-0.05, 0) is 32.0 Å². The Bertz CT molecular complexity index is 696. The van der Waals surface area contributed by atoms with Crippen molar-refractivity contribution in [1.82, 2.24) is 15.6 Å². The van der Waals surface area contributed by atoms with Crippen molar-refractivity contribution < 1.29 is 18.0 Å². The highest BCUT2D eigenvalue weighted by atomic mass is 19.1. The number of oxazole rings is 1. The lowest BCUT2D eigenvalue weighted by Crippen LogP contribution is -2.26. The van der Waals surface area contributed by atoms with Crippen LogP contribution in [-0.4, -0.2) is 24.0 Å². The molecule has 7 heteroatoms. The summed E-state index contributed by atoms with van der Waals surface area (Å²) < 4.78 is 31.9. The lowest BCUT2D eigenvalue weighted by molar-refractivity contribution is 0.0920. The Labute approximate surface area is 132 Å². The molecule has 2 N–H and O–H groups in total. The van der Waals surface area contributed by atoms with Crippen LogP contribution < -0.4 is 10.6 Å². The Balaban J connectivity index is 1.61. The highest BCUT2D eigenvalue weighted by Gasteiger charge is 2.22. The van der Waals surface area contributed by atoms with Gasteiger partial charge in [-0.1, -0.05) is 6.07 Å². The van der Waals surface area contributed by atoms with Crippen molar-refractivity contribution in [3.63, 3.8) is 0 Å². The fourth-order valence-electron chi connectivity index (χ4n) is 2.58. The number of rotatable bonds is 4. The molecule has 5 nitrogen and oxygen atoms in total. The molecule has 0 spiro atoms. The maximum absolute atomic E-state index is 13.5. The van der Waals surface area contributed by atoms with E-state index in [-0.39, 0.29) is 23.8 Å². The van der Waals surface area contributed by atoms with Gasteiger partial charge in [-0.3, -0.25) is 4.79 Å². The summed E-state index contributed by atoms with van der Waals surface area (Å²) in [6.07, 6.45) is 3.22. The number of nitrogens with one attached hydrogen (secondary N) is 2. The lowest BCUT2D eigenvalue weighted by Gasteiger charge is -2.19. The van der Waals surface area contributed by atoms with Crippen LogP contribution in [0.4, 0.5) is 8.78 Å². The van der Waals surface area contributed by atoms with Gasteiger partial charge in [0, 0.05) is 24.1 Å². The summed E-state index contributed by atoms with van der Waals surface area (Å²) in [4.78, 5) is 16.2. The van der Waals surface area contributed by atoms with Crippen LogP contribution in [0.5, 0.6) is 0 Å². The van der Waals surface area contributed by atoms with Gasteiger partial charge in [0.2, 0.25) is 5.76 Å². The van der Waals surface area contributed by atoms with Crippen LogP contribution in [0.2, 0.25) is 0 Å². The molecular weight excluding hydrogens is 304 g/mol. The molecule has 1 aromatic heterocycles. The molecule has 0 unspecified atom stereocenters. The topological polar surface area (TPSA) is 67.2 Å². The summed E-state index contributed by atoms with van der Waals surface area (Å²) >= 11 is 0. The summed E-state index contributed by atoms with van der Waals surface area (Å²) in [5.41, 5.74) is 0.206. The van der Waals surface area contributed by atoms with Crippen LogP contribution in [-0.2, 0) is 6.54 Å². The average molecular weight is 321 g/mol. The Morgan fingerprint density at radius 3 is 2.87 bits per heavy atom. The van der Waals surface area contributed by atoms with E-state index in [1.54, 1.807) is 0 Å². The predicted octanol–water partition coefficient (Wildman–Crippen LogP) is 2.35. The van der Waals surface area contributed by atoms with Gasteiger partial charge in [0.15, 0.2) is 5.89 Å². The van der Waals surface area contributed by atoms with Crippen molar-refractivity contribution in [2.24, 2.45) is 0 Å². The van der Waals surface area contributed by atoms with E-state index in [4.69, 9.17) is 4.42 Å². The minimum Gasteiger partial charge on any atom is -0.435 e. The number of hydrogen-bond acceptors (Lipinski definition) is 4. The molecule has 1 aromatic carbocycles. The molecule has 0 atom stereocenters. The van der Waals surface area contributed by atoms with Crippen LogP contribution in [0.3, 0.4) is 0 Å². The molecule has 1 fully saturated rings. The number of hydrogen-bond donors (Lipinski definition) is 2. The van der Waals surface area contributed by atoms with E-state index in [1.165, 1.54) is 12.3 Å². The Hall–Kier alpha value is -2.28. The van der Waals surface area contributed by atoms with Gasteiger partial charge >= 0.3 is 0 Å². The van der Waals surface area contributed by atoms with Crippen LogP contribution >= 0.6 is 0 Å². The Kier molecular flexibility index (Phi) is 4.66. The van der Waals surface area contributed by atoms with Crippen LogP contribution in [0.15, 0.2) is 28.8 Å². The molecule has 1 saturated heterocycles. The third-order valence-corrected chi connectivity index (χ3v) is 3.89. The SMILES string of the molecule is O=C(NCc1ccc(F)cc1F)c1cnc(C2CCNCC2)o1. The average Bonchev–Trinajstić information content (AvgIpc) is 3.05. The highest BCUT2D eigenvalue weighted by Crippen LogP contribution is 2.24. The minimum atomic E-state index is -0.696. The second-order valence-corrected chi connectivity index (χ2v) is 5.51. The molecule has 1 amide bonds. The third kappa shape index (κ3) is 3.73. The molecule has 0 saturated carbocycles.